The van der Waals surface area contributed by atoms with Crippen LogP contribution in [0, 0.1) is 0 Å². The van der Waals surface area contributed by atoms with Crippen molar-refractivity contribution in [3.05, 3.63) is 65.6 Å². The Morgan fingerprint density at radius 1 is 1.21 bits per heavy atom. The zero-order valence-corrected chi connectivity index (χ0v) is 13.5. The van der Waals surface area contributed by atoms with Gasteiger partial charge in [-0.1, -0.05) is 24.3 Å². The van der Waals surface area contributed by atoms with E-state index in [1.807, 2.05) is 18.2 Å². The SMILES string of the molecule is C[C@@H](OC(=O)/C=C/c1ccco1)C(=O)N1CCc2ccccc2C1. The molecule has 0 saturated carbocycles. The van der Waals surface area contributed by atoms with E-state index in [1.54, 1.807) is 24.0 Å². The zero-order chi connectivity index (χ0) is 16.9. The molecule has 5 nitrogen and oxygen atoms in total. The third-order valence-corrected chi connectivity index (χ3v) is 4.01. The van der Waals surface area contributed by atoms with Crippen LogP contribution < -0.4 is 0 Å². The standard InChI is InChI=1S/C19H19NO4/c1-14(24-18(21)9-8-17-7-4-12-23-17)19(22)20-11-10-15-5-2-3-6-16(15)13-20/h2-9,12,14H,10-11,13H2,1H3/b9-8+/t14-/m1/s1. The van der Waals surface area contributed by atoms with Gasteiger partial charge < -0.3 is 14.1 Å². The molecular weight excluding hydrogens is 306 g/mol. The maximum absolute atomic E-state index is 12.5. The van der Waals surface area contributed by atoms with E-state index in [4.69, 9.17) is 9.15 Å². The highest BCUT2D eigenvalue weighted by molar-refractivity contribution is 5.90. The van der Waals surface area contributed by atoms with Gasteiger partial charge in [-0.05, 0) is 42.7 Å². The highest BCUT2D eigenvalue weighted by Crippen LogP contribution is 2.19. The second-order valence-electron chi connectivity index (χ2n) is 5.71. The molecule has 2 heterocycles. The van der Waals surface area contributed by atoms with Crippen LogP contribution in [0.15, 0.2) is 53.2 Å². The first-order valence-electron chi connectivity index (χ1n) is 7.91. The van der Waals surface area contributed by atoms with Crippen LogP contribution in [-0.4, -0.2) is 29.4 Å². The van der Waals surface area contributed by atoms with Gasteiger partial charge in [0.15, 0.2) is 6.10 Å². The third kappa shape index (κ3) is 3.74. The number of carbonyl (C=O) groups excluding carboxylic acids is 2. The summed E-state index contributed by atoms with van der Waals surface area (Å²) in [4.78, 5) is 26.0. The predicted octanol–water partition coefficient (Wildman–Crippen LogP) is 2.81. The first kappa shape index (κ1) is 16.1. The number of rotatable bonds is 4. The van der Waals surface area contributed by atoms with E-state index in [0.717, 1.165) is 12.0 Å². The maximum Gasteiger partial charge on any atom is 0.331 e. The van der Waals surface area contributed by atoms with Gasteiger partial charge in [-0.25, -0.2) is 4.79 Å². The van der Waals surface area contributed by atoms with Gasteiger partial charge in [0.05, 0.1) is 6.26 Å². The number of fused-ring (bicyclic) bond motifs is 1. The summed E-state index contributed by atoms with van der Waals surface area (Å²) in [6.45, 7) is 2.79. The average Bonchev–Trinajstić information content (AvgIpc) is 3.12. The van der Waals surface area contributed by atoms with E-state index >= 15 is 0 Å². The van der Waals surface area contributed by atoms with Gasteiger partial charge in [0.25, 0.3) is 5.91 Å². The molecule has 1 aliphatic heterocycles. The Balaban J connectivity index is 1.56. The van der Waals surface area contributed by atoms with E-state index in [2.05, 4.69) is 6.07 Å². The number of furan rings is 1. The van der Waals surface area contributed by atoms with Crippen LogP contribution in [0.1, 0.15) is 23.8 Å². The molecule has 0 N–H and O–H groups in total. The fourth-order valence-electron chi connectivity index (χ4n) is 2.74. The molecule has 0 saturated heterocycles. The summed E-state index contributed by atoms with van der Waals surface area (Å²) in [7, 11) is 0. The lowest BCUT2D eigenvalue weighted by Gasteiger charge is -2.30. The second kappa shape index (κ2) is 7.17. The van der Waals surface area contributed by atoms with Gasteiger partial charge in [-0.2, -0.15) is 0 Å². The Morgan fingerprint density at radius 2 is 2.00 bits per heavy atom. The molecule has 1 aromatic carbocycles. The van der Waals surface area contributed by atoms with E-state index in [1.165, 1.54) is 24.0 Å². The Kier molecular flexibility index (Phi) is 4.79. The highest BCUT2D eigenvalue weighted by Gasteiger charge is 2.26. The summed E-state index contributed by atoms with van der Waals surface area (Å²) >= 11 is 0. The molecule has 0 spiro atoms. The molecule has 2 aromatic rings. The van der Waals surface area contributed by atoms with Crippen LogP contribution in [0.3, 0.4) is 0 Å². The van der Waals surface area contributed by atoms with Crippen molar-refractivity contribution in [2.24, 2.45) is 0 Å². The topological polar surface area (TPSA) is 59.8 Å². The summed E-state index contributed by atoms with van der Waals surface area (Å²) in [5.74, 6) is -0.188. The molecule has 24 heavy (non-hydrogen) atoms. The third-order valence-electron chi connectivity index (χ3n) is 4.01. The number of nitrogens with zero attached hydrogens (tertiary/aromatic N) is 1. The molecule has 1 aliphatic rings. The monoisotopic (exact) mass is 325 g/mol. The van der Waals surface area contributed by atoms with Crippen molar-refractivity contribution in [3.63, 3.8) is 0 Å². The molecule has 0 aliphatic carbocycles. The quantitative estimate of drug-likeness (QED) is 0.641. The summed E-state index contributed by atoms with van der Waals surface area (Å²) in [6.07, 6.45) is 4.29. The Bertz CT molecular complexity index is 748. The van der Waals surface area contributed by atoms with Crippen molar-refractivity contribution in [1.82, 2.24) is 4.90 Å². The fraction of sp³-hybridized carbons (Fsp3) is 0.263. The maximum atomic E-state index is 12.5. The molecule has 3 rings (SSSR count). The predicted molar refractivity (Wildman–Crippen MR) is 88.9 cm³/mol. The van der Waals surface area contributed by atoms with Gasteiger partial charge >= 0.3 is 5.97 Å². The summed E-state index contributed by atoms with van der Waals surface area (Å²) in [5, 5.41) is 0. The lowest BCUT2D eigenvalue weighted by atomic mass is 9.99. The first-order chi connectivity index (χ1) is 11.6. The Hall–Kier alpha value is -2.82. The van der Waals surface area contributed by atoms with E-state index < -0.39 is 12.1 Å². The molecule has 1 atom stereocenters. The van der Waals surface area contributed by atoms with Gasteiger partial charge in [0.2, 0.25) is 0 Å². The molecule has 0 radical (unpaired) electrons. The van der Waals surface area contributed by atoms with Gasteiger partial charge in [0, 0.05) is 19.2 Å². The van der Waals surface area contributed by atoms with Crippen molar-refractivity contribution >= 4 is 18.0 Å². The highest BCUT2D eigenvalue weighted by atomic mass is 16.5. The molecular formula is C19H19NO4. The molecule has 1 aromatic heterocycles. The number of benzene rings is 1. The molecule has 5 heteroatoms. The molecule has 0 fully saturated rings. The van der Waals surface area contributed by atoms with Crippen LogP contribution in [0.25, 0.3) is 6.08 Å². The first-order valence-corrected chi connectivity index (χ1v) is 7.91. The van der Waals surface area contributed by atoms with Crippen molar-refractivity contribution < 1.29 is 18.7 Å². The number of esters is 1. The molecule has 0 bridgehead atoms. The Morgan fingerprint density at radius 3 is 2.75 bits per heavy atom. The van der Waals surface area contributed by atoms with Crippen LogP contribution >= 0.6 is 0 Å². The smallest absolute Gasteiger partial charge is 0.331 e. The Labute approximate surface area is 140 Å². The minimum Gasteiger partial charge on any atom is -0.465 e. The number of carbonyl (C=O) groups is 2. The normalized spacial score (nSPS) is 15.1. The molecule has 1 amide bonds. The van der Waals surface area contributed by atoms with Crippen LogP contribution in [0.4, 0.5) is 0 Å². The number of amides is 1. The van der Waals surface area contributed by atoms with Gasteiger partial charge in [-0.3, -0.25) is 4.79 Å². The minimum atomic E-state index is -0.816. The molecule has 0 unspecified atom stereocenters. The fourth-order valence-corrected chi connectivity index (χ4v) is 2.74. The number of hydrogen-bond acceptors (Lipinski definition) is 4. The van der Waals surface area contributed by atoms with Gasteiger partial charge in [0.1, 0.15) is 5.76 Å². The van der Waals surface area contributed by atoms with E-state index in [0.29, 0.717) is 18.8 Å². The van der Waals surface area contributed by atoms with Crippen LogP contribution in [0.5, 0.6) is 0 Å². The van der Waals surface area contributed by atoms with Gasteiger partial charge in [-0.15, -0.1) is 0 Å². The summed E-state index contributed by atoms with van der Waals surface area (Å²) < 4.78 is 10.3. The lowest BCUT2D eigenvalue weighted by molar-refractivity contribution is -0.155. The summed E-state index contributed by atoms with van der Waals surface area (Å²) in [6, 6.07) is 11.5. The number of hydrogen-bond donors (Lipinski definition) is 0. The largest absolute Gasteiger partial charge is 0.465 e. The van der Waals surface area contributed by atoms with Crippen molar-refractivity contribution in [2.75, 3.05) is 6.54 Å². The minimum absolute atomic E-state index is 0.177. The zero-order valence-electron chi connectivity index (χ0n) is 13.5. The van der Waals surface area contributed by atoms with Crippen LogP contribution in [0.2, 0.25) is 0 Å². The average molecular weight is 325 g/mol. The van der Waals surface area contributed by atoms with E-state index in [9.17, 15) is 9.59 Å². The number of ether oxygens (including phenoxy) is 1. The lowest BCUT2D eigenvalue weighted by Crippen LogP contribution is -2.42. The van der Waals surface area contributed by atoms with Crippen molar-refractivity contribution in [3.8, 4) is 0 Å². The summed E-state index contributed by atoms with van der Waals surface area (Å²) in [5.41, 5.74) is 2.42. The van der Waals surface area contributed by atoms with E-state index in [-0.39, 0.29) is 5.91 Å². The van der Waals surface area contributed by atoms with Crippen LogP contribution in [-0.2, 0) is 27.3 Å². The second-order valence-corrected chi connectivity index (χ2v) is 5.71. The van der Waals surface area contributed by atoms with Crippen molar-refractivity contribution in [2.45, 2.75) is 26.0 Å². The van der Waals surface area contributed by atoms with Crippen molar-refractivity contribution in [1.29, 1.82) is 0 Å². The molecule has 124 valence electrons.